The van der Waals surface area contributed by atoms with Crippen molar-refractivity contribution in [2.24, 2.45) is 0 Å². The Bertz CT molecular complexity index is 213. The zero-order chi connectivity index (χ0) is 9.84. The van der Waals surface area contributed by atoms with Crippen molar-refractivity contribution in [1.29, 1.82) is 0 Å². The van der Waals surface area contributed by atoms with Gasteiger partial charge in [0, 0.05) is 0 Å². The van der Waals surface area contributed by atoms with E-state index in [4.69, 9.17) is 4.74 Å². The Labute approximate surface area is 74.7 Å². The Hall–Kier alpha value is -1.46. The molecule has 1 aliphatic rings. The lowest BCUT2D eigenvalue weighted by atomic mass is 10.2. The molecule has 0 bridgehead atoms. The third-order valence-corrected chi connectivity index (χ3v) is 1.59. The molecule has 1 rings (SSSR count). The van der Waals surface area contributed by atoms with E-state index in [9.17, 15) is 9.59 Å². The van der Waals surface area contributed by atoms with Gasteiger partial charge in [0.05, 0.1) is 7.11 Å². The van der Waals surface area contributed by atoms with Crippen LogP contribution in [0.5, 0.6) is 0 Å². The quantitative estimate of drug-likeness (QED) is 0.596. The van der Waals surface area contributed by atoms with E-state index in [1.165, 1.54) is 7.11 Å². The van der Waals surface area contributed by atoms with Gasteiger partial charge in [-0.15, -0.1) is 0 Å². The minimum absolute atomic E-state index is 0.0942. The van der Waals surface area contributed by atoms with Crippen LogP contribution in [0.25, 0.3) is 0 Å². The summed E-state index contributed by atoms with van der Waals surface area (Å²) in [4.78, 5) is 21.1. The van der Waals surface area contributed by atoms with Crippen molar-refractivity contribution in [3.05, 3.63) is 0 Å². The van der Waals surface area contributed by atoms with Crippen LogP contribution >= 0.6 is 0 Å². The van der Waals surface area contributed by atoms with E-state index in [-0.39, 0.29) is 6.61 Å². The van der Waals surface area contributed by atoms with Crippen molar-refractivity contribution < 1.29 is 28.5 Å². The van der Waals surface area contributed by atoms with Crippen LogP contribution in [0, 0.1) is 0 Å². The predicted molar refractivity (Wildman–Crippen MR) is 39.2 cm³/mol. The molecule has 74 valence electrons. The van der Waals surface area contributed by atoms with Crippen LogP contribution in [-0.2, 0) is 18.9 Å². The number of hydrogen-bond donors (Lipinski definition) is 0. The molecule has 13 heavy (non-hydrogen) atoms. The van der Waals surface area contributed by atoms with Gasteiger partial charge in [0.15, 0.2) is 6.10 Å². The van der Waals surface area contributed by atoms with E-state index in [2.05, 4.69) is 14.2 Å². The first-order chi connectivity index (χ1) is 6.13. The average molecular weight is 190 g/mol. The van der Waals surface area contributed by atoms with Crippen LogP contribution in [0.1, 0.15) is 6.92 Å². The number of methoxy groups -OCH3 is 1. The smallest absolute Gasteiger partial charge is 0.438 e. The molecule has 1 heterocycles. The van der Waals surface area contributed by atoms with Crippen LogP contribution in [0.3, 0.4) is 0 Å². The molecule has 0 aliphatic carbocycles. The Morgan fingerprint density at radius 1 is 1.69 bits per heavy atom. The minimum atomic E-state index is -0.810. The van der Waals surface area contributed by atoms with Crippen molar-refractivity contribution in [1.82, 2.24) is 0 Å². The summed E-state index contributed by atoms with van der Waals surface area (Å²) in [7, 11) is 1.20. The second-order valence-corrected chi connectivity index (χ2v) is 2.49. The predicted octanol–water partition coefficient (Wildman–Crippen LogP) is 0.693. The highest BCUT2D eigenvalue weighted by molar-refractivity contribution is 5.62. The van der Waals surface area contributed by atoms with E-state index >= 15 is 0 Å². The van der Waals surface area contributed by atoms with Gasteiger partial charge < -0.3 is 18.9 Å². The first kappa shape index (κ1) is 9.63. The van der Waals surface area contributed by atoms with Crippen molar-refractivity contribution in [3.63, 3.8) is 0 Å². The van der Waals surface area contributed by atoms with Crippen LogP contribution in [0.2, 0.25) is 0 Å². The van der Waals surface area contributed by atoms with E-state index in [0.29, 0.717) is 0 Å². The second-order valence-electron chi connectivity index (χ2n) is 2.49. The van der Waals surface area contributed by atoms with Gasteiger partial charge in [0.25, 0.3) is 0 Å². The third kappa shape index (κ3) is 2.50. The van der Waals surface area contributed by atoms with E-state index in [1.807, 2.05) is 0 Å². The Kier molecular flexibility index (Phi) is 2.94. The first-order valence-corrected chi connectivity index (χ1v) is 3.71. The third-order valence-electron chi connectivity index (χ3n) is 1.59. The lowest BCUT2D eigenvalue weighted by Gasteiger charge is -2.15. The highest BCUT2D eigenvalue weighted by Crippen LogP contribution is 2.12. The van der Waals surface area contributed by atoms with Gasteiger partial charge >= 0.3 is 12.3 Å². The molecule has 0 radical (unpaired) electrons. The number of hydrogen-bond acceptors (Lipinski definition) is 6. The molecular formula is C7H10O6. The van der Waals surface area contributed by atoms with E-state index < -0.39 is 24.5 Å². The lowest BCUT2D eigenvalue weighted by Crippen LogP contribution is -2.30. The lowest BCUT2D eigenvalue weighted by molar-refractivity contribution is -0.00743. The molecule has 1 aliphatic heterocycles. The molecule has 6 heteroatoms. The summed E-state index contributed by atoms with van der Waals surface area (Å²) in [5.74, 6) is 0. The molecule has 0 amide bonds. The van der Waals surface area contributed by atoms with Gasteiger partial charge in [0.2, 0.25) is 0 Å². The average Bonchev–Trinajstić information content (AvgIpc) is 2.51. The molecule has 2 unspecified atom stereocenters. The molecule has 1 saturated heterocycles. The van der Waals surface area contributed by atoms with E-state index in [0.717, 1.165) is 0 Å². The number of rotatable bonds is 2. The SMILES string of the molecule is COC(=O)OC(C)C1COC(=O)O1. The summed E-state index contributed by atoms with van der Waals surface area (Å²) < 4.78 is 18.2. The zero-order valence-electron chi connectivity index (χ0n) is 7.31. The van der Waals surface area contributed by atoms with Crippen LogP contribution in [0.4, 0.5) is 9.59 Å². The highest BCUT2D eigenvalue weighted by Gasteiger charge is 2.32. The van der Waals surface area contributed by atoms with Gasteiger partial charge in [-0.25, -0.2) is 9.59 Å². The maximum atomic E-state index is 10.6. The fraction of sp³-hybridized carbons (Fsp3) is 0.714. The van der Waals surface area contributed by atoms with Crippen molar-refractivity contribution >= 4 is 12.3 Å². The van der Waals surface area contributed by atoms with Gasteiger partial charge in [0.1, 0.15) is 12.7 Å². The summed E-state index contributed by atoms with van der Waals surface area (Å²) in [5, 5.41) is 0. The molecule has 0 N–H and O–H groups in total. The second kappa shape index (κ2) is 3.97. The van der Waals surface area contributed by atoms with Crippen LogP contribution in [-0.4, -0.2) is 38.2 Å². The molecule has 0 aromatic rings. The first-order valence-electron chi connectivity index (χ1n) is 3.71. The topological polar surface area (TPSA) is 71.1 Å². The molecule has 0 spiro atoms. The van der Waals surface area contributed by atoms with Gasteiger partial charge in [-0.1, -0.05) is 0 Å². The highest BCUT2D eigenvalue weighted by atomic mass is 16.8. The Balaban J connectivity index is 2.35. The molecule has 0 saturated carbocycles. The van der Waals surface area contributed by atoms with Crippen molar-refractivity contribution in [3.8, 4) is 0 Å². The summed E-state index contributed by atoms with van der Waals surface area (Å²) in [6, 6.07) is 0. The largest absolute Gasteiger partial charge is 0.508 e. The standard InChI is InChI=1S/C7H10O6/c1-4(12-6(8)10-2)5-3-11-7(9)13-5/h4-5H,3H2,1-2H3. The summed E-state index contributed by atoms with van der Waals surface area (Å²) >= 11 is 0. The summed E-state index contributed by atoms with van der Waals surface area (Å²) in [6.45, 7) is 1.68. The van der Waals surface area contributed by atoms with Crippen LogP contribution < -0.4 is 0 Å². The fourth-order valence-corrected chi connectivity index (χ4v) is 0.849. The summed E-state index contributed by atoms with van der Waals surface area (Å²) in [6.07, 6.45) is -2.67. The van der Waals surface area contributed by atoms with Gasteiger partial charge in [-0.05, 0) is 6.92 Å². The molecular weight excluding hydrogens is 180 g/mol. The Morgan fingerprint density at radius 2 is 2.38 bits per heavy atom. The maximum Gasteiger partial charge on any atom is 0.508 e. The maximum absolute atomic E-state index is 10.6. The zero-order valence-corrected chi connectivity index (χ0v) is 7.31. The number of ether oxygens (including phenoxy) is 4. The van der Waals surface area contributed by atoms with Crippen LogP contribution in [0.15, 0.2) is 0 Å². The molecule has 6 nitrogen and oxygen atoms in total. The molecule has 2 atom stereocenters. The minimum Gasteiger partial charge on any atom is -0.438 e. The van der Waals surface area contributed by atoms with Gasteiger partial charge in [-0.3, -0.25) is 0 Å². The molecule has 0 aromatic heterocycles. The summed E-state index contributed by atoms with van der Waals surface area (Å²) in [5.41, 5.74) is 0. The van der Waals surface area contributed by atoms with Crippen molar-refractivity contribution in [2.75, 3.05) is 13.7 Å². The Morgan fingerprint density at radius 3 is 2.85 bits per heavy atom. The fourth-order valence-electron chi connectivity index (χ4n) is 0.849. The molecule has 0 aromatic carbocycles. The number of carbonyl (C=O) groups excluding carboxylic acids is 2. The van der Waals surface area contributed by atoms with Crippen molar-refractivity contribution in [2.45, 2.75) is 19.1 Å². The monoisotopic (exact) mass is 190 g/mol. The number of cyclic esters (lactones) is 2. The van der Waals surface area contributed by atoms with Gasteiger partial charge in [-0.2, -0.15) is 0 Å². The molecule has 1 fully saturated rings. The number of carbonyl (C=O) groups is 2. The van der Waals surface area contributed by atoms with E-state index in [1.54, 1.807) is 6.92 Å². The normalized spacial score (nSPS) is 22.9.